The number of likely N-dealkylation sites (tertiary alicyclic amines) is 3. The first-order chi connectivity index (χ1) is 37.1. The number of hydrogen-bond donors (Lipinski definition) is 3. The fourth-order valence-electron chi connectivity index (χ4n) is 8.22. The molecule has 81 heavy (non-hydrogen) atoms. The van der Waals surface area contributed by atoms with Gasteiger partial charge in [-0.05, 0) is 81.1 Å². The van der Waals surface area contributed by atoms with E-state index in [9.17, 15) is 37.1 Å². The minimum absolute atomic E-state index is 0. The Bertz CT molecular complexity index is 1760. The summed E-state index contributed by atoms with van der Waals surface area (Å²) in [5.41, 5.74) is -1.41. The highest BCUT2D eigenvalue weighted by atomic mass is 19.4. The zero-order valence-corrected chi connectivity index (χ0v) is 48.6. The highest BCUT2D eigenvalue weighted by Crippen LogP contribution is 2.24. The second-order valence-corrected chi connectivity index (χ2v) is 23.4. The van der Waals surface area contributed by atoms with Crippen molar-refractivity contribution in [2.45, 2.75) is 113 Å². The number of alkyl halides is 3. The summed E-state index contributed by atoms with van der Waals surface area (Å²) in [6.07, 6.45) is -4.10. The highest BCUT2D eigenvalue weighted by Gasteiger charge is 2.41. The molecule has 0 saturated carbocycles. The number of aliphatic carboxylic acids is 1. The van der Waals surface area contributed by atoms with Crippen molar-refractivity contribution in [1.82, 2.24) is 40.0 Å². The topological polar surface area (TPSA) is 240 Å². The molecule has 9 saturated heterocycles. The number of rotatable bonds is 6. The van der Waals surface area contributed by atoms with E-state index in [2.05, 4.69) is 20.4 Å². The van der Waals surface area contributed by atoms with Crippen LogP contribution >= 0.6 is 0 Å². The molecule has 474 valence electrons. The molecule has 9 aliphatic rings. The van der Waals surface area contributed by atoms with E-state index < -0.39 is 47.2 Å². The van der Waals surface area contributed by atoms with Gasteiger partial charge < -0.3 is 73.2 Å². The quantitative estimate of drug-likeness (QED) is 0.239. The third kappa shape index (κ3) is 33.7. The molecule has 9 aliphatic heterocycles. The van der Waals surface area contributed by atoms with Gasteiger partial charge in [-0.25, -0.2) is 14.4 Å². The number of hydrogen-bond acceptors (Lipinski definition) is 18. The van der Waals surface area contributed by atoms with Crippen molar-refractivity contribution >= 4 is 36.4 Å². The minimum atomic E-state index is -4.64. The Kier molecular flexibility index (Phi) is 35.1. The third-order valence-electron chi connectivity index (χ3n) is 12.6. The number of halogens is 3. The Hall–Kier alpha value is -4.15. The second-order valence-electron chi connectivity index (χ2n) is 23.4. The molecule has 23 nitrogen and oxygen atoms in total. The van der Waals surface area contributed by atoms with Crippen LogP contribution in [0.4, 0.5) is 27.6 Å². The molecule has 3 N–H and O–H groups in total. The number of nitrogens with one attached hydrogen (secondary N) is 2. The molecule has 4 amide bonds. The summed E-state index contributed by atoms with van der Waals surface area (Å²) in [7, 11) is 0. The van der Waals surface area contributed by atoms with Gasteiger partial charge in [-0.3, -0.25) is 24.2 Å². The van der Waals surface area contributed by atoms with Gasteiger partial charge in [0.2, 0.25) is 12.2 Å². The maximum absolute atomic E-state index is 12.1. The summed E-state index contributed by atoms with van der Waals surface area (Å²) >= 11 is 0. The van der Waals surface area contributed by atoms with Gasteiger partial charge in [-0.15, -0.1) is 0 Å². The molecule has 0 unspecified atom stereocenters. The molecule has 0 aromatic carbocycles. The number of morpholine rings is 4. The Balaban J connectivity index is 0.000000493. The SMILES string of the molecule is C.C.C1CCOC1.C1CN(CC2CNC2)CCO1.C1COCCN1.CC(C)(C)OC(=O)N1CC(C(=O)N2CCOCC2)C1.CC(C)(C)OC(=O)N1CC(C(=O)O)C1.CC(C)(C)OC(=O)N1CC(CN2CCOCC2)C1.O=CC(F)(F)F. The van der Waals surface area contributed by atoms with Crippen molar-refractivity contribution in [2.24, 2.45) is 23.7 Å². The predicted molar refractivity (Wildman–Crippen MR) is 299 cm³/mol. The van der Waals surface area contributed by atoms with Gasteiger partial charge in [0.05, 0.1) is 64.7 Å². The van der Waals surface area contributed by atoms with E-state index in [4.69, 9.17) is 47.8 Å². The molecule has 0 aromatic rings. The molecular weight excluding hydrogens is 1070 g/mol. The van der Waals surface area contributed by atoms with Gasteiger partial charge >= 0.3 is 30.4 Å². The fourth-order valence-corrected chi connectivity index (χ4v) is 8.22. The van der Waals surface area contributed by atoms with Gasteiger partial charge in [0.25, 0.3) is 0 Å². The van der Waals surface area contributed by atoms with Crippen molar-refractivity contribution in [1.29, 1.82) is 0 Å². The maximum atomic E-state index is 12.1. The first-order valence-electron chi connectivity index (χ1n) is 27.8. The van der Waals surface area contributed by atoms with Crippen LogP contribution in [-0.2, 0) is 52.3 Å². The average molecular weight is 1170 g/mol. The van der Waals surface area contributed by atoms with Crippen LogP contribution in [0, 0.1) is 23.7 Å². The van der Waals surface area contributed by atoms with Gasteiger partial charge in [-0.1, -0.05) is 14.9 Å². The van der Waals surface area contributed by atoms with E-state index in [1.807, 2.05) is 46.4 Å². The molecule has 26 heteroatoms. The molecule has 0 bridgehead atoms. The van der Waals surface area contributed by atoms with Crippen LogP contribution in [0.1, 0.15) is 90.0 Å². The summed E-state index contributed by atoms with van der Waals surface area (Å²) < 4.78 is 72.7. The molecule has 9 rings (SSSR count). The maximum Gasteiger partial charge on any atom is 0.446 e. The molecule has 0 aliphatic carbocycles. The van der Waals surface area contributed by atoms with E-state index in [1.165, 1.54) is 37.4 Å². The summed E-state index contributed by atoms with van der Waals surface area (Å²) in [6, 6.07) is 0. The van der Waals surface area contributed by atoms with Crippen molar-refractivity contribution in [2.75, 3.05) is 184 Å². The Morgan fingerprint density at radius 2 is 0.827 bits per heavy atom. The Morgan fingerprint density at radius 1 is 0.494 bits per heavy atom. The number of nitrogens with zero attached hydrogens (tertiary/aromatic N) is 6. The number of ether oxygens (including phenoxy) is 8. The van der Waals surface area contributed by atoms with Crippen LogP contribution in [0.5, 0.6) is 0 Å². The number of carbonyl (C=O) groups excluding carboxylic acids is 5. The normalized spacial score (nSPS) is 20.9. The van der Waals surface area contributed by atoms with E-state index in [-0.39, 0.29) is 52.0 Å². The number of aldehydes is 1. The second kappa shape index (κ2) is 37.9. The van der Waals surface area contributed by atoms with Crippen molar-refractivity contribution in [3.63, 3.8) is 0 Å². The Morgan fingerprint density at radius 3 is 1.11 bits per heavy atom. The number of amides is 4. The molecule has 0 atom stereocenters. The van der Waals surface area contributed by atoms with E-state index in [1.54, 1.807) is 30.6 Å². The van der Waals surface area contributed by atoms with E-state index in [0.717, 1.165) is 118 Å². The number of carboxylic acids is 1. The lowest BCUT2D eigenvalue weighted by Crippen LogP contribution is -2.58. The molecule has 0 radical (unpaired) electrons. The summed E-state index contributed by atoms with van der Waals surface area (Å²) in [4.78, 5) is 77.6. The molecular formula is C55H103F3N8O15. The summed E-state index contributed by atoms with van der Waals surface area (Å²) in [6.45, 7) is 40.6. The molecule has 9 heterocycles. The van der Waals surface area contributed by atoms with Gasteiger partial charge in [-0.2, -0.15) is 13.2 Å². The smallest absolute Gasteiger partial charge is 0.446 e. The zero-order chi connectivity index (χ0) is 58.7. The number of carbonyl (C=O) groups is 6. The Labute approximate surface area is 480 Å². The van der Waals surface area contributed by atoms with Crippen molar-refractivity contribution in [3.05, 3.63) is 0 Å². The lowest BCUT2D eigenvalue weighted by Gasteiger charge is -2.42. The molecule has 0 spiro atoms. The van der Waals surface area contributed by atoms with Gasteiger partial charge in [0.1, 0.15) is 16.8 Å². The fraction of sp³-hybridized carbons (Fsp3) is 0.891. The van der Waals surface area contributed by atoms with Crippen LogP contribution in [-0.4, -0.2) is 278 Å². The zero-order valence-electron chi connectivity index (χ0n) is 48.6. The van der Waals surface area contributed by atoms with Crippen LogP contribution in [0.3, 0.4) is 0 Å². The highest BCUT2D eigenvalue weighted by molar-refractivity contribution is 5.83. The van der Waals surface area contributed by atoms with Crippen molar-refractivity contribution in [3.8, 4) is 0 Å². The lowest BCUT2D eigenvalue weighted by molar-refractivity contribution is -0.156. The van der Waals surface area contributed by atoms with Crippen LogP contribution in [0.15, 0.2) is 0 Å². The summed E-state index contributed by atoms with van der Waals surface area (Å²) in [5.74, 6) is 0.268. The molecule has 9 fully saturated rings. The van der Waals surface area contributed by atoms with E-state index in [0.29, 0.717) is 45.3 Å². The average Bonchev–Trinajstić information content (AvgIpc) is 3.93. The van der Waals surface area contributed by atoms with E-state index >= 15 is 0 Å². The standard InChI is InChI=1S/C13H22N2O4.C13H24N2O3.C9H15NO4.C8H16N2O.C4H9NO.C4H8O.C2HF3O.2CH4/c1-13(2,3)19-12(17)15-8-10(9-15)11(16)14-4-6-18-7-5-14;1-13(2,3)18-12(16)15-9-11(10-15)8-14-4-6-17-7-5-14;1-9(2,3)14-8(13)10-4-6(5-10)7(11)12;1-3-11-4-2-10(1)7-8-5-9-6-8;1-3-6-4-2-5-1;1-2-4-5-3-1;3-2(4,5)1-6;;/h10H,4-9H2,1-3H3;11H,4-10H2,1-3H3;6H,4-5H2,1-3H3,(H,11,12);8-9H,1-7H2;5H,1-4H2;1-4H2;1H;2*1H4. The first-order valence-corrected chi connectivity index (χ1v) is 27.8. The van der Waals surface area contributed by atoms with Gasteiger partial charge in [0, 0.05) is 137 Å². The van der Waals surface area contributed by atoms with Crippen molar-refractivity contribution < 1.29 is 84.9 Å². The molecule has 0 aromatic heterocycles. The first kappa shape index (κ1) is 74.9. The third-order valence-corrected chi connectivity index (χ3v) is 12.6. The van der Waals surface area contributed by atoms with Gasteiger partial charge in [0.15, 0.2) is 0 Å². The minimum Gasteiger partial charge on any atom is -0.481 e. The van der Waals surface area contributed by atoms with Crippen LogP contribution < -0.4 is 10.6 Å². The number of carboxylic acid groups (broad SMARTS) is 1. The largest absolute Gasteiger partial charge is 0.481 e. The lowest BCUT2D eigenvalue weighted by atomic mass is 9.99. The monoisotopic (exact) mass is 1170 g/mol. The summed E-state index contributed by atoms with van der Waals surface area (Å²) in [5, 5.41) is 15.0. The predicted octanol–water partition coefficient (Wildman–Crippen LogP) is 4.80. The van der Waals surface area contributed by atoms with Crippen LogP contribution in [0.25, 0.3) is 0 Å². The van der Waals surface area contributed by atoms with Crippen LogP contribution in [0.2, 0.25) is 0 Å².